The Hall–Kier alpha value is -1.40. The van der Waals surface area contributed by atoms with E-state index in [9.17, 15) is 8.78 Å². The van der Waals surface area contributed by atoms with Gasteiger partial charge in [-0.05, 0) is 12.1 Å². The third-order valence-electron chi connectivity index (χ3n) is 2.14. The molecule has 0 bridgehead atoms. The van der Waals surface area contributed by atoms with Crippen LogP contribution in [0.15, 0.2) is 12.1 Å². The molecular weight excluding hydrogens is 220 g/mol. The first-order valence-corrected chi connectivity index (χ1v) is 4.54. The van der Waals surface area contributed by atoms with Gasteiger partial charge >= 0.3 is 0 Å². The van der Waals surface area contributed by atoms with Crippen molar-refractivity contribution in [3.8, 4) is 11.5 Å². The second-order valence-electron chi connectivity index (χ2n) is 3.04. The van der Waals surface area contributed by atoms with Crippen molar-refractivity contribution in [1.82, 2.24) is 5.48 Å². The van der Waals surface area contributed by atoms with Gasteiger partial charge in [0.15, 0.2) is 0 Å². The highest BCUT2D eigenvalue weighted by Gasteiger charge is 2.17. The van der Waals surface area contributed by atoms with Gasteiger partial charge in [0.05, 0.1) is 19.8 Å². The first kappa shape index (κ1) is 12.7. The first-order chi connectivity index (χ1) is 7.63. The lowest BCUT2D eigenvalue weighted by atomic mass is 10.1. The van der Waals surface area contributed by atoms with Gasteiger partial charge in [-0.25, -0.2) is 14.3 Å². The van der Waals surface area contributed by atoms with Gasteiger partial charge in [0.1, 0.15) is 11.5 Å². The van der Waals surface area contributed by atoms with Crippen molar-refractivity contribution in [2.45, 2.75) is 13.0 Å². The van der Waals surface area contributed by atoms with Crippen molar-refractivity contribution in [3.05, 3.63) is 23.3 Å². The molecule has 1 aromatic carbocycles. The summed E-state index contributed by atoms with van der Waals surface area (Å²) in [5.41, 5.74) is 2.23. The van der Waals surface area contributed by atoms with Crippen LogP contribution < -0.4 is 15.0 Å². The van der Waals surface area contributed by atoms with E-state index < -0.39 is 6.43 Å². The standard InChI is InChI=1S/C10H13F2NO3/c1-15-8-4-7(10(11)12)9(16-2)3-6(8)5-13-14/h3-4,10,13-14H,5H2,1-2H3. The molecule has 6 heteroatoms. The molecule has 0 fully saturated rings. The molecule has 4 nitrogen and oxygen atoms in total. The molecule has 2 N–H and O–H groups in total. The van der Waals surface area contributed by atoms with E-state index in [1.165, 1.54) is 26.4 Å². The van der Waals surface area contributed by atoms with Crippen LogP contribution in [0, 0.1) is 0 Å². The lowest BCUT2D eigenvalue weighted by molar-refractivity contribution is 0.146. The summed E-state index contributed by atoms with van der Waals surface area (Å²) in [5, 5.41) is 8.59. The highest BCUT2D eigenvalue weighted by Crippen LogP contribution is 2.34. The van der Waals surface area contributed by atoms with E-state index in [2.05, 4.69) is 0 Å². The second-order valence-corrected chi connectivity index (χ2v) is 3.04. The summed E-state index contributed by atoms with van der Waals surface area (Å²) in [6.45, 7) is 0.0864. The summed E-state index contributed by atoms with van der Waals surface area (Å²) >= 11 is 0. The number of ether oxygens (including phenoxy) is 2. The van der Waals surface area contributed by atoms with E-state index in [1.54, 1.807) is 0 Å². The summed E-state index contributed by atoms with van der Waals surface area (Å²) in [7, 11) is 2.68. The lowest BCUT2D eigenvalue weighted by Crippen LogP contribution is -2.08. The molecule has 0 aliphatic rings. The molecule has 0 amide bonds. The Morgan fingerprint density at radius 3 is 2.31 bits per heavy atom. The van der Waals surface area contributed by atoms with Crippen LogP contribution in [0.4, 0.5) is 8.78 Å². The van der Waals surface area contributed by atoms with Crippen molar-refractivity contribution in [1.29, 1.82) is 0 Å². The van der Waals surface area contributed by atoms with Crippen LogP contribution in [-0.2, 0) is 6.54 Å². The van der Waals surface area contributed by atoms with Crippen molar-refractivity contribution < 1.29 is 23.5 Å². The van der Waals surface area contributed by atoms with Gasteiger partial charge in [-0.15, -0.1) is 0 Å². The molecular formula is C10H13F2NO3. The fraction of sp³-hybridized carbons (Fsp3) is 0.400. The number of rotatable bonds is 5. The lowest BCUT2D eigenvalue weighted by Gasteiger charge is -2.13. The van der Waals surface area contributed by atoms with Crippen molar-refractivity contribution in [3.63, 3.8) is 0 Å². The zero-order valence-electron chi connectivity index (χ0n) is 8.96. The van der Waals surface area contributed by atoms with Crippen molar-refractivity contribution in [2.24, 2.45) is 0 Å². The predicted octanol–water partition coefficient (Wildman–Crippen LogP) is 2.12. The Balaban J connectivity index is 3.22. The maximum absolute atomic E-state index is 12.6. The number of methoxy groups -OCH3 is 2. The Kier molecular flexibility index (Phi) is 4.45. The summed E-state index contributed by atoms with van der Waals surface area (Å²) in [6, 6.07) is 2.61. The minimum absolute atomic E-state index is 0.0704. The summed E-state index contributed by atoms with van der Waals surface area (Å²) in [6.07, 6.45) is -2.64. The van der Waals surface area contributed by atoms with Gasteiger partial charge in [-0.2, -0.15) is 0 Å². The highest BCUT2D eigenvalue weighted by molar-refractivity contribution is 5.47. The number of hydroxylamine groups is 1. The average Bonchev–Trinajstić information content (AvgIpc) is 2.28. The maximum atomic E-state index is 12.6. The minimum Gasteiger partial charge on any atom is -0.496 e. The van der Waals surface area contributed by atoms with Crippen LogP contribution in [0.3, 0.4) is 0 Å². The Morgan fingerprint density at radius 1 is 1.25 bits per heavy atom. The van der Waals surface area contributed by atoms with Gasteiger partial charge in [-0.1, -0.05) is 0 Å². The number of halogens is 2. The molecule has 0 radical (unpaired) electrons. The van der Waals surface area contributed by atoms with Gasteiger partial charge in [-0.3, -0.25) is 0 Å². The number of nitrogens with one attached hydrogen (secondary N) is 1. The quantitative estimate of drug-likeness (QED) is 0.765. The number of alkyl halides is 2. The average molecular weight is 233 g/mol. The molecule has 0 heterocycles. The molecule has 16 heavy (non-hydrogen) atoms. The topological polar surface area (TPSA) is 50.7 Å². The zero-order valence-corrected chi connectivity index (χ0v) is 8.96. The molecule has 0 spiro atoms. The summed E-state index contributed by atoms with van der Waals surface area (Å²) < 4.78 is 35.1. The number of benzene rings is 1. The molecule has 0 aliphatic heterocycles. The van der Waals surface area contributed by atoms with Crippen molar-refractivity contribution in [2.75, 3.05) is 14.2 Å². The smallest absolute Gasteiger partial charge is 0.267 e. The van der Waals surface area contributed by atoms with Crippen LogP contribution in [0.2, 0.25) is 0 Å². The largest absolute Gasteiger partial charge is 0.496 e. The van der Waals surface area contributed by atoms with E-state index >= 15 is 0 Å². The van der Waals surface area contributed by atoms with Crippen LogP contribution in [0.1, 0.15) is 17.6 Å². The molecule has 0 aliphatic carbocycles. The van der Waals surface area contributed by atoms with E-state index in [0.717, 1.165) is 0 Å². The van der Waals surface area contributed by atoms with Crippen LogP contribution in [-0.4, -0.2) is 19.4 Å². The van der Waals surface area contributed by atoms with E-state index in [0.29, 0.717) is 5.56 Å². The third kappa shape index (κ3) is 2.59. The monoisotopic (exact) mass is 233 g/mol. The van der Waals surface area contributed by atoms with Crippen LogP contribution in [0.25, 0.3) is 0 Å². The van der Waals surface area contributed by atoms with Crippen LogP contribution in [0.5, 0.6) is 11.5 Å². The molecule has 0 saturated carbocycles. The zero-order chi connectivity index (χ0) is 12.1. The number of hydrogen-bond acceptors (Lipinski definition) is 4. The molecule has 1 rings (SSSR count). The highest BCUT2D eigenvalue weighted by atomic mass is 19.3. The summed E-state index contributed by atoms with van der Waals surface area (Å²) in [5.74, 6) is 0.346. The fourth-order valence-electron chi connectivity index (χ4n) is 1.38. The van der Waals surface area contributed by atoms with Crippen LogP contribution >= 0.6 is 0 Å². The van der Waals surface area contributed by atoms with Gasteiger partial charge < -0.3 is 14.7 Å². The Labute approximate surface area is 91.7 Å². The molecule has 1 aromatic rings. The SMILES string of the molecule is COc1cc(C(F)F)c(OC)cc1CNO. The summed E-state index contributed by atoms with van der Waals surface area (Å²) in [4.78, 5) is 0. The number of hydrogen-bond donors (Lipinski definition) is 2. The normalized spacial score (nSPS) is 10.6. The van der Waals surface area contributed by atoms with E-state index in [-0.39, 0.29) is 23.6 Å². The minimum atomic E-state index is -2.64. The van der Waals surface area contributed by atoms with Gasteiger partial charge in [0, 0.05) is 12.1 Å². The molecule has 0 unspecified atom stereocenters. The molecule has 0 aromatic heterocycles. The van der Waals surface area contributed by atoms with E-state index in [4.69, 9.17) is 14.7 Å². The second kappa shape index (κ2) is 5.62. The molecule has 0 saturated heterocycles. The fourth-order valence-corrected chi connectivity index (χ4v) is 1.38. The molecule has 90 valence electrons. The predicted molar refractivity (Wildman–Crippen MR) is 53.1 cm³/mol. The van der Waals surface area contributed by atoms with E-state index in [1.807, 2.05) is 5.48 Å². The van der Waals surface area contributed by atoms with Gasteiger partial charge in [0.2, 0.25) is 0 Å². The first-order valence-electron chi connectivity index (χ1n) is 4.54. The Bertz CT molecular complexity index is 358. The van der Waals surface area contributed by atoms with Crippen molar-refractivity contribution >= 4 is 0 Å². The Morgan fingerprint density at radius 2 is 1.88 bits per heavy atom. The van der Waals surface area contributed by atoms with Gasteiger partial charge in [0.25, 0.3) is 6.43 Å². The third-order valence-corrected chi connectivity index (χ3v) is 2.14. The maximum Gasteiger partial charge on any atom is 0.267 e. The molecule has 0 atom stereocenters.